The fourth-order valence-corrected chi connectivity index (χ4v) is 6.14. The van der Waals surface area contributed by atoms with E-state index in [-0.39, 0.29) is 5.41 Å². The minimum Gasteiger partial charge on any atom is -0.383 e. The summed E-state index contributed by atoms with van der Waals surface area (Å²) < 4.78 is 5.84. The molecule has 2 unspecified atom stereocenters. The van der Waals surface area contributed by atoms with E-state index in [4.69, 9.17) is 4.74 Å². The summed E-state index contributed by atoms with van der Waals surface area (Å²) in [5.41, 5.74) is 6.54. The summed E-state index contributed by atoms with van der Waals surface area (Å²) in [6.45, 7) is 3.09. The van der Waals surface area contributed by atoms with Crippen LogP contribution in [0.5, 0.6) is 0 Å². The minimum absolute atomic E-state index is 0.0268. The van der Waals surface area contributed by atoms with E-state index >= 15 is 0 Å². The lowest BCUT2D eigenvalue weighted by Crippen LogP contribution is -2.36. The zero-order chi connectivity index (χ0) is 18.9. The Morgan fingerprint density at radius 3 is 2.37 bits per heavy atom. The van der Waals surface area contributed by atoms with Gasteiger partial charge < -0.3 is 10.1 Å². The molecule has 1 aromatic rings. The second-order valence-corrected chi connectivity index (χ2v) is 9.32. The van der Waals surface area contributed by atoms with Crippen LogP contribution in [0.2, 0.25) is 0 Å². The zero-order valence-corrected chi connectivity index (χ0v) is 17.5. The summed E-state index contributed by atoms with van der Waals surface area (Å²) in [5, 5.41) is 3.48. The lowest BCUT2D eigenvalue weighted by molar-refractivity contribution is 0.142. The lowest BCUT2D eigenvalue weighted by atomic mass is 9.76. The highest BCUT2D eigenvalue weighted by Crippen LogP contribution is 2.53. The van der Waals surface area contributed by atoms with Gasteiger partial charge in [-0.15, -0.1) is 0 Å². The quantitative estimate of drug-likeness (QED) is 0.656. The third-order valence-electron chi connectivity index (χ3n) is 7.51. The van der Waals surface area contributed by atoms with E-state index in [0.29, 0.717) is 6.04 Å². The minimum atomic E-state index is 0.0268. The predicted octanol–water partition coefficient (Wildman–Crippen LogP) is 5.81. The molecular weight excluding hydrogens is 330 g/mol. The average molecular weight is 368 g/mol. The fourth-order valence-electron chi connectivity index (χ4n) is 6.14. The van der Waals surface area contributed by atoms with E-state index in [1.165, 1.54) is 51.4 Å². The second-order valence-electron chi connectivity index (χ2n) is 9.32. The maximum Gasteiger partial charge on any atom is 0.0595 e. The van der Waals surface area contributed by atoms with Crippen LogP contribution in [0.1, 0.15) is 87.3 Å². The molecule has 0 saturated heterocycles. The van der Waals surface area contributed by atoms with Crippen molar-refractivity contribution in [3.8, 4) is 0 Å². The Labute approximate surface area is 165 Å². The van der Waals surface area contributed by atoms with Crippen LogP contribution in [0.3, 0.4) is 0 Å². The van der Waals surface area contributed by atoms with Crippen LogP contribution in [0.25, 0.3) is 5.57 Å². The molecule has 0 bridgehead atoms. The Kier molecular flexibility index (Phi) is 5.75. The first kappa shape index (κ1) is 19.2. The first-order chi connectivity index (χ1) is 13.2. The number of methoxy groups -OCH3 is 1. The van der Waals surface area contributed by atoms with Crippen molar-refractivity contribution in [3.05, 3.63) is 41.0 Å². The van der Waals surface area contributed by atoms with Crippen molar-refractivity contribution < 1.29 is 4.74 Å². The van der Waals surface area contributed by atoms with E-state index in [0.717, 1.165) is 24.9 Å². The molecule has 0 aliphatic heterocycles. The molecule has 2 nitrogen and oxygen atoms in total. The van der Waals surface area contributed by atoms with E-state index < -0.39 is 0 Å². The normalized spacial score (nSPS) is 27.1. The summed E-state index contributed by atoms with van der Waals surface area (Å²) in [7, 11) is 3.95. The van der Waals surface area contributed by atoms with Crippen molar-refractivity contribution in [1.29, 1.82) is 0 Å². The van der Waals surface area contributed by atoms with Gasteiger partial charge in [-0.3, -0.25) is 0 Å². The van der Waals surface area contributed by atoms with Crippen LogP contribution in [-0.4, -0.2) is 26.8 Å². The number of allylic oxidation sites excluding steroid dienone is 1. The van der Waals surface area contributed by atoms with Crippen LogP contribution in [0, 0.1) is 5.92 Å². The highest BCUT2D eigenvalue weighted by atomic mass is 16.5. The van der Waals surface area contributed by atoms with Gasteiger partial charge in [-0.05, 0) is 80.2 Å². The van der Waals surface area contributed by atoms with E-state index in [9.17, 15) is 0 Å². The molecule has 2 fully saturated rings. The molecule has 2 saturated carbocycles. The van der Waals surface area contributed by atoms with E-state index in [1.54, 1.807) is 22.3 Å². The summed E-state index contributed by atoms with van der Waals surface area (Å²) in [6.07, 6.45) is 14.8. The Morgan fingerprint density at radius 2 is 1.74 bits per heavy atom. The molecule has 1 aromatic carbocycles. The number of benzene rings is 1. The summed E-state index contributed by atoms with van der Waals surface area (Å²) in [5.74, 6) is 1.53. The van der Waals surface area contributed by atoms with Crippen molar-refractivity contribution in [2.24, 2.45) is 5.92 Å². The molecule has 0 radical (unpaired) electrons. The van der Waals surface area contributed by atoms with Gasteiger partial charge in [0, 0.05) is 18.6 Å². The average Bonchev–Trinajstić information content (AvgIpc) is 3.43. The van der Waals surface area contributed by atoms with Crippen LogP contribution >= 0.6 is 0 Å². The molecule has 0 heterocycles. The van der Waals surface area contributed by atoms with Gasteiger partial charge in [-0.25, -0.2) is 0 Å². The Hall–Kier alpha value is -1.12. The van der Waals surface area contributed by atoms with Crippen molar-refractivity contribution in [2.75, 3.05) is 20.8 Å². The molecule has 2 heteroatoms. The second kappa shape index (κ2) is 8.09. The maximum atomic E-state index is 5.84. The van der Waals surface area contributed by atoms with Gasteiger partial charge in [0.05, 0.1) is 6.61 Å². The smallest absolute Gasteiger partial charge is 0.0595 e. The predicted molar refractivity (Wildman–Crippen MR) is 114 cm³/mol. The SMILES string of the molecule is CNC(C)CC1(COC)C=C(C2CCCC2)c2c(C3CCCC3)cccc21. The van der Waals surface area contributed by atoms with Crippen molar-refractivity contribution in [3.63, 3.8) is 0 Å². The third-order valence-corrected chi connectivity index (χ3v) is 7.51. The molecule has 2 atom stereocenters. The van der Waals surface area contributed by atoms with Gasteiger partial charge in [0.25, 0.3) is 0 Å². The van der Waals surface area contributed by atoms with Gasteiger partial charge in [0.2, 0.25) is 0 Å². The van der Waals surface area contributed by atoms with Gasteiger partial charge in [0.15, 0.2) is 0 Å². The first-order valence-corrected chi connectivity index (χ1v) is 11.2. The zero-order valence-electron chi connectivity index (χ0n) is 17.5. The van der Waals surface area contributed by atoms with Crippen molar-refractivity contribution >= 4 is 5.57 Å². The molecule has 0 amide bonds. The van der Waals surface area contributed by atoms with E-state index in [1.807, 2.05) is 7.11 Å². The Morgan fingerprint density at radius 1 is 1.07 bits per heavy atom. The number of ether oxygens (including phenoxy) is 1. The molecule has 0 aromatic heterocycles. The van der Waals surface area contributed by atoms with Crippen molar-refractivity contribution in [1.82, 2.24) is 5.32 Å². The topological polar surface area (TPSA) is 21.3 Å². The van der Waals surface area contributed by atoms with Gasteiger partial charge in [-0.1, -0.05) is 50.0 Å². The summed E-state index contributed by atoms with van der Waals surface area (Å²) >= 11 is 0. The third kappa shape index (κ3) is 3.51. The number of fused-ring (bicyclic) bond motifs is 1. The van der Waals surface area contributed by atoms with Gasteiger partial charge >= 0.3 is 0 Å². The Balaban J connectivity index is 1.84. The largest absolute Gasteiger partial charge is 0.383 e. The highest BCUT2D eigenvalue weighted by molar-refractivity contribution is 5.81. The van der Waals surface area contributed by atoms with Crippen LogP contribution < -0.4 is 5.32 Å². The molecule has 148 valence electrons. The van der Waals surface area contributed by atoms with Crippen LogP contribution in [0.4, 0.5) is 0 Å². The molecule has 4 rings (SSSR count). The molecular formula is C25H37NO. The summed E-state index contributed by atoms with van der Waals surface area (Å²) in [6, 6.07) is 7.66. The number of rotatable bonds is 7. The Bertz CT molecular complexity index is 682. The highest BCUT2D eigenvalue weighted by Gasteiger charge is 2.43. The fraction of sp³-hybridized carbons (Fsp3) is 0.680. The number of nitrogens with one attached hydrogen (secondary N) is 1. The van der Waals surface area contributed by atoms with Crippen LogP contribution in [-0.2, 0) is 10.2 Å². The summed E-state index contributed by atoms with van der Waals surface area (Å²) in [4.78, 5) is 0. The molecule has 0 spiro atoms. The van der Waals surface area contributed by atoms with Gasteiger partial charge in [-0.2, -0.15) is 0 Å². The molecule has 3 aliphatic rings. The molecule has 1 N–H and O–H groups in total. The lowest BCUT2D eigenvalue weighted by Gasteiger charge is -2.32. The molecule has 27 heavy (non-hydrogen) atoms. The number of hydrogen-bond donors (Lipinski definition) is 1. The van der Waals surface area contributed by atoms with E-state index in [2.05, 4.69) is 43.6 Å². The monoisotopic (exact) mass is 367 g/mol. The van der Waals surface area contributed by atoms with Gasteiger partial charge in [0.1, 0.15) is 0 Å². The van der Waals surface area contributed by atoms with Crippen molar-refractivity contribution in [2.45, 2.75) is 82.1 Å². The first-order valence-electron chi connectivity index (χ1n) is 11.2. The standard InChI is InChI=1S/C25H37NO/c1-18(26-2)15-25(17-27-3)16-22(20-11-6-7-12-20)24-21(13-8-14-23(24)25)19-9-4-5-10-19/h8,13-14,16,18-20,26H,4-7,9-12,15,17H2,1-3H3. The molecule has 3 aliphatic carbocycles. The van der Waals surface area contributed by atoms with Crippen LogP contribution in [0.15, 0.2) is 24.3 Å². The maximum absolute atomic E-state index is 5.84. The number of hydrogen-bond acceptors (Lipinski definition) is 2.